The number of carbonyl (C=O) groups is 2. The van der Waals surface area contributed by atoms with Gasteiger partial charge in [0.05, 0.1) is 16.8 Å². The summed E-state index contributed by atoms with van der Waals surface area (Å²) in [5.41, 5.74) is 1.21. The highest BCUT2D eigenvalue weighted by Gasteiger charge is 2.38. The highest BCUT2D eigenvalue weighted by atomic mass is 35.5. The lowest BCUT2D eigenvalue weighted by molar-refractivity contribution is 0.0946. The van der Waals surface area contributed by atoms with Gasteiger partial charge in [0.15, 0.2) is 5.82 Å². The summed E-state index contributed by atoms with van der Waals surface area (Å²) in [6, 6.07) is 6.67. The summed E-state index contributed by atoms with van der Waals surface area (Å²) >= 11 is 5.89. The smallest absolute Gasteiger partial charge is 0.329 e. The van der Waals surface area contributed by atoms with Gasteiger partial charge < -0.3 is 10.2 Å². The second-order valence-electron chi connectivity index (χ2n) is 8.10. The van der Waals surface area contributed by atoms with Gasteiger partial charge >= 0.3 is 6.03 Å². The summed E-state index contributed by atoms with van der Waals surface area (Å²) in [7, 11) is 0. The summed E-state index contributed by atoms with van der Waals surface area (Å²) in [6.45, 7) is 2.36. The molecule has 3 amide bonds. The number of urea groups is 1. The Morgan fingerprint density at radius 1 is 1.17 bits per heavy atom. The lowest BCUT2D eigenvalue weighted by atomic mass is 10.00. The maximum Gasteiger partial charge on any atom is 0.329 e. The SMILES string of the molecule is O=C(NCC1CC1)c1ccc2c(n1)N(C(=O)Nc1ccc(Cl)cn1)C1CCCN2C1. The third-order valence-corrected chi connectivity index (χ3v) is 6.07. The number of nitrogens with one attached hydrogen (secondary N) is 2. The van der Waals surface area contributed by atoms with E-state index in [0.29, 0.717) is 34.8 Å². The van der Waals surface area contributed by atoms with E-state index >= 15 is 0 Å². The van der Waals surface area contributed by atoms with Gasteiger partial charge in [-0.05, 0) is 55.9 Å². The third-order valence-electron chi connectivity index (χ3n) is 5.85. The minimum Gasteiger partial charge on any atom is -0.366 e. The van der Waals surface area contributed by atoms with Crippen LogP contribution in [0.2, 0.25) is 5.02 Å². The Bertz CT molecular complexity index is 978. The number of hydrogen-bond acceptors (Lipinski definition) is 5. The van der Waals surface area contributed by atoms with E-state index < -0.39 is 0 Å². The van der Waals surface area contributed by atoms with Crippen molar-refractivity contribution in [3.8, 4) is 0 Å². The first-order valence-electron chi connectivity index (χ1n) is 10.3. The summed E-state index contributed by atoms with van der Waals surface area (Å²) in [6.07, 6.45) is 5.71. The van der Waals surface area contributed by atoms with Crippen LogP contribution in [-0.4, -0.2) is 47.6 Å². The van der Waals surface area contributed by atoms with Crippen molar-refractivity contribution < 1.29 is 9.59 Å². The van der Waals surface area contributed by atoms with Gasteiger partial charge in [0.1, 0.15) is 11.5 Å². The van der Waals surface area contributed by atoms with Crippen LogP contribution < -0.4 is 20.4 Å². The zero-order valence-corrected chi connectivity index (χ0v) is 17.2. The number of nitrogens with zero attached hydrogens (tertiary/aromatic N) is 4. The first kappa shape index (κ1) is 19.1. The van der Waals surface area contributed by atoms with Gasteiger partial charge in [-0.1, -0.05) is 11.6 Å². The van der Waals surface area contributed by atoms with Crippen molar-refractivity contribution in [1.29, 1.82) is 0 Å². The summed E-state index contributed by atoms with van der Waals surface area (Å²) in [4.78, 5) is 38.5. The molecule has 2 bridgehead atoms. The van der Waals surface area contributed by atoms with Crippen LogP contribution in [-0.2, 0) is 0 Å². The molecule has 5 rings (SSSR count). The average Bonchev–Trinajstić information content (AvgIpc) is 3.58. The maximum atomic E-state index is 13.2. The van der Waals surface area contributed by atoms with Gasteiger partial charge in [-0.15, -0.1) is 0 Å². The number of hydrogen-bond donors (Lipinski definition) is 2. The van der Waals surface area contributed by atoms with Gasteiger partial charge in [-0.2, -0.15) is 0 Å². The van der Waals surface area contributed by atoms with Crippen LogP contribution in [0.3, 0.4) is 0 Å². The molecule has 1 aliphatic carbocycles. The fraction of sp³-hybridized carbons (Fsp3) is 0.429. The minimum absolute atomic E-state index is 0.00387. The van der Waals surface area contributed by atoms with E-state index in [0.717, 1.165) is 31.6 Å². The molecule has 2 aromatic heterocycles. The van der Waals surface area contributed by atoms with E-state index in [2.05, 4.69) is 25.5 Å². The molecule has 156 valence electrons. The van der Waals surface area contributed by atoms with Crippen molar-refractivity contribution >= 4 is 40.9 Å². The molecule has 1 unspecified atom stereocenters. The lowest BCUT2D eigenvalue weighted by Gasteiger charge is -2.45. The lowest BCUT2D eigenvalue weighted by Crippen LogP contribution is -2.56. The summed E-state index contributed by atoms with van der Waals surface area (Å²) in [5, 5.41) is 6.29. The summed E-state index contributed by atoms with van der Waals surface area (Å²) in [5.74, 6) is 1.33. The van der Waals surface area contributed by atoms with Crippen LogP contribution in [0, 0.1) is 5.92 Å². The molecular weight excluding hydrogens is 404 g/mol. The first-order chi connectivity index (χ1) is 14.6. The van der Waals surface area contributed by atoms with Crippen molar-refractivity contribution in [2.75, 3.05) is 34.8 Å². The molecule has 1 saturated heterocycles. The molecule has 9 heteroatoms. The van der Waals surface area contributed by atoms with Crippen molar-refractivity contribution in [2.24, 2.45) is 5.92 Å². The molecule has 3 aliphatic rings. The predicted molar refractivity (Wildman–Crippen MR) is 115 cm³/mol. The van der Waals surface area contributed by atoms with Crippen LogP contribution in [0.25, 0.3) is 0 Å². The van der Waals surface area contributed by atoms with E-state index in [-0.39, 0.29) is 18.0 Å². The molecule has 2 fully saturated rings. The number of pyridine rings is 2. The number of fused-ring (bicyclic) bond motifs is 4. The van der Waals surface area contributed by atoms with E-state index in [4.69, 9.17) is 11.6 Å². The Labute approximate surface area is 179 Å². The minimum atomic E-state index is -0.305. The van der Waals surface area contributed by atoms with Crippen LogP contribution >= 0.6 is 11.6 Å². The molecule has 4 heterocycles. The Balaban J connectivity index is 1.43. The first-order valence-corrected chi connectivity index (χ1v) is 10.7. The second-order valence-corrected chi connectivity index (χ2v) is 8.53. The standard InChI is InChI=1S/C21H23ClN6O2/c22-14-5-8-18(23-11-14)26-21(30)28-15-2-1-9-27(12-15)17-7-6-16(25-19(17)28)20(29)24-10-13-3-4-13/h5-8,11,13,15H,1-4,9-10,12H2,(H,24,29)(H,23,26,30). The number of carbonyl (C=O) groups excluding carboxylic acids is 2. The van der Waals surface area contributed by atoms with E-state index in [1.165, 1.54) is 19.0 Å². The van der Waals surface area contributed by atoms with Crippen LogP contribution in [0.1, 0.15) is 36.2 Å². The molecule has 0 aromatic carbocycles. The molecule has 2 aliphatic heterocycles. The Hall–Kier alpha value is -2.87. The predicted octanol–water partition coefficient (Wildman–Crippen LogP) is 3.29. The largest absolute Gasteiger partial charge is 0.366 e. The van der Waals surface area contributed by atoms with Gasteiger partial charge in [-0.25, -0.2) is 14.8 Å². The van der Waals surface area contributed by atoms with Crippen molar-refractivity contribution in [3.05, 3.63) is 41.2 Å². The Morgan fingerprint density at radius 3 is 2.80 bits per heavy atom. The molecule has 0 radical (unpaired) electrons. The quantitative estimate of drug-likeness (QED) is 0.782. The number of aromatic nitrogens is 2. The zero-order valence-electron chi connectivity index (χ0n) is 16.5. The number of rotatable bonds is 4. The highest BCUT2D eigenvalue weighted by Crippen LogP contribution is 2.38. The Morgan fingerprint density at radius 2 is 2.03 bits per heavy atom. The highest BCUT2D eigenvalue weighted by molar-refractivity contribution is 6.30. The summed E-state index contributed by atoms with van der Waals surface area (Å²) < 4.78 is 0. The average molecular weight is 427 g/mol. The van der Waals surface area contributed by atoms with E-state index in [9.17, 15) is 9.59 Å². The molecule has 2 N–H and O–H groups in total. The van der Waals surface area contributed by atoms with Gasteiger partial charge in [0.25, 0.3) is 5.91 Å². The normalized spacial score (nSPS) is 19.8. The topological polar surface area (TPSA) is 90.5 Å². The van der Waals surface area contributed by atoms with Gasteiger partial charge in [0, 0.05) is 25.8 Å². The van der Waals surface area contributed by atoms with Crippen molar-refractivity contribution in [3.63, 3.8) is 0 Å². The van der Waals surface area contributed by atoms with Crippen LogP contribution in [0.15, 0.2) is 30.5 Å². The van der Waals surface area contributed by atoms with E-state index in [1.807, 2.05) is 6.07 Å². The number of amides is 3. The number of anilines is 3. The van der Waals surface area contributed by atoms with Gasteiger partial charge in [-0.3, -0.25) is 15.0 Å². The molecule has 1 saturated carbocycles. The zero-order chi connectivity index (χ0) is 20.7. The molecule has 30 heavy (non-hydrogen) atoms. The maximum absolute atomic E-state index is 13.2. The fourth-order valence-corrected chi connectivity index (χ4v) is 4.19. The van der Waals surface area contributed by atoms with E-state index in [1.54, 1.807) is 23.1 Å². The Kier molecular flexibility index (Phi) is 4.94. The van der Waals surface area contributed by atoms with Crippen LogP contribution in [0.5, 0.6) is 0 Å². The fourth-order valence-electron chi connectivity index (χ4n) is 4.08. The van der Waals surface area contributed by atoms with Crippen molar-refractivity contribution in [2.45, 2.75) is 31.7 Å². The molecule has 1 atom stereocenters. The third kappa shape index (κ3) is 3.79. The monoisotopic (exact) mass is 426 g/mol. The molecule has 8 nitrogen and oxygen atoms in total. The van der Waals surface area contributed by atoms with Crippen molar-refractivity contribution in [1.82, 2.24) is 15.3 Å². The molecule has 2 aromatic rings. The molecule has 0 spiro atoms. The number of halogens is 1. The van der Waals surface area contributed by atoms with Gasteiger partial charge in [0.2, 0.25) is 0 Å². The number of piperidine rings is 1. The molecular formula is C21H23ClN6O2. The second kappa shape index (κ2) is 7.75. The van der Waals surface area contributed by atoms with Crippen LogP contribution in [0.4, 0.5) is 22.1 Å².